The quantitative estimate of drug-likeness (QED) is 0.279. The van der Waals surface area contributed by atoms with E-state index in [1.807, 2.05) is 32.0 Å². The summed E-state index contributed by atoms with van der Waals surface area (Å²) in [5.41, 5.74) is 2.91. The van der Waals surface area contributed by atoms with Gasteiger partial charge >= 0.3 is 0 Å². The van der Waals surface area contributed by atoms with Crippen molar-refractivity contribution in [3.63, 3.8) is 0 Å². The van der Waals surface area contributed by atoms with Gasteiger partial charge in [-0.15, -0.1) is 0 Å². The average Bonchev–Trinajstić information content (AvgIpc) is 3.02. The molecule has 4 aromatic rings. The summed E-state index contributed by atoms with van der Waals surface area (Å²) in [6.45, 7) is 5.90. The van der Waals surface area contributed by atoms with Crippen molar-refractivity contribution in [2.24, 2.45) is 5.92 Å². The minimum atomic E-state index is -1.33. The summed E-state index contributed by atoms with van der Waals surface area (Å²) in [5.74, 6) is -1.14. The highest BCUT2D eigenvalue weighted by atomic mass is 19.1. The fourth-order valence-corrected chi connectivity index (χ4v) is 6.38. The van der Waals surface area contributed by atoms with Crippen LogP contribution in [0.15, 0.2) is 55.0 Å². The second kappa shape index (κ2) is 12.6. The van der Waals surface area contributed by atoms with Crippen LogP contribution in [0, 0.1) is 11.7 Å². The summed E-state index contributed by atoms with van der Waals surface area (Å²) in [6.07, 6.45) is 7.97. The van der Waals surface area contributed by atoms with Crippen molar-refractivity contribution in [2.75, 3.05) is 19.6 Å². The number of carbonyl (C=O) groups is 1. The first-order valence-electron chi connectivity index (χ1n) is 15.4. The number of aliphatic hydroxyl groups is 1. The number of aliphatic hydroxyl groups excluding tert-OH is 1. The summed E-state index contributed by atoms with van der Waals surface area (Å²) in [5, 5.41) is 21.5. The molecule has 6 rings (SSSR count). The number of nitrogens with zero attached hydrogens (tertiary/aromatic N) is 5. The summed E-state index contributed by atoms with van der Waals surface area (Å²) < 4.78 is 30.9. The Morgan fingerprint density at radius 1 is 1.18 bits per heavy atom. The number of β-amino-alcohol motifs (C(OH)–C–C–N with tert-alkyl or cyclic N) is 1. The number of aryl methyl sites for hydroxylation is 1. The standard InChI is InChI=1S/C34H38F2N6O2/c1-21(2)34(36)10-7-30-26(17-34)15-24-14-25(16-28(35)32(24)40-30)33(44)41-31(9-13-42-12-3-4-27(43)20-42)22-5-6-29(37-18-22)23-8-11-38-39-19-23/h5-6,8,11,14-16,18-19,21,27,31,43H,3-4,7,9-10,12-13,17,20H2,1-2H3,(H,41,44). The topological polar surface area (TPSA) is 104 Å². The summed E-state index contributed by atoms with van der Waals surface area (Å²) in [7, 11) is 0. The number of likely N-dealkylation sites (tertiary alicyclic amines) is 1. The lowest BCUT2D eigenvalue weighted by Gasteiger charge is -2.34. The maximum absolute atomic E-state index is 15.5. The number of piperidine rings is 1. The van der Waals surface area contributed by atoms with E-state index >= 15 is 8.78 Å². The molecule has 4 heterocycles. The van der Waals surface area contributed by atoms with E-state index < -0.39 is 23.4 Å². The number of amides is 1. The number of aromatic nitrogens is 4. The highest BCUT2D eigenvalue weighted by Gasteiger charge is 2.38. The van der Waals surface area contributed by atoms with Crippen molar-refractivity contribution in [2.45, 2.75) is 70.2 Å². The van der Waals surface area contributed by atoms with Crippen molar-refractivity contribution >= 4 is 16.8 Å². The molecule has 8 nitrogen and oxygen atoms in total. The molecule has 3 aromatic heterocycles. The minimum absolute atomic E-state index is 0.143. The first kappa shape index (κ1) is 30.1. The van der Waals surface area contributed by atoms with Gasteiger partial charge in [0.05, 0.1) is 30.2 Å². The van der Waals surface area contributed by atoms with E-state index in [1.54, 1.807) is 30.7 Å². The van der Waals surface area contributed by atoms with Crippen molar-refractivity contribution in [3.05, 3.63) is 83.2 Å². The van der Waals surface area contributed by atoms with Crippen LogP contribution in [-0.4, -0.2) is 67.5 Å². The van der Waals surface area contributed by atoms with E-state index in [-0.39, 0.29) is 29.5 Å². The lowest BCUT2D eigenvalue weighted by molar-refractivity contribution is 0.0677. The SMILES string of the molecule is CC(C)C1(F)CCc2nc3c(F)cc(C(=O)NC(CCN4CCCC(O)C4)c4ccc(-c5ccnnc5)nc4)cc3cc2C1. The van der Waals surface area contributed by atoms with Crippen LogP contribution < -0.4 is 5.32 Å². The van der Waals surface area contributed by atoms with E-state index in [2.05, 4.69) is 30.4 Å². The minimum Gasteiger partial charge on any atom is -0.392 e. The summed E-state index contributed by atoms with van der Waals surface area (Å²) >= 11 is 0. The van der Waals surface area contributed by atoms with Gasteiger partial charge in [-0.1, -0.05) is 19.9 Å². The Kier molecular flexibility index (Phi) is 8.64. The van der Waals surface area contributed by atoms with Gasteiger partial charge < -0.3 is 15.3 Å². The molecule has 44 heavy (non-hydrogen) atoms. The molecule has 1 saturated heterocycles. The molecule has 1 aromatic carbocycles. The smallest absolute Gasteiger partial charge is 0.251 e. The molecular formula is C34H38F2N6O2. The Bertz CT molecular complexity index is 1630. The average molecular weight is 601 g/mol. The molecule has 230 valence electrons. The zero-order chi connectivity index (χ0) is 30.8. The number of nitrogens with one attached hydrogen (secondary N) is 1. The fraction of sp³-hybridized carbons (Fsp3) is 0.441. The number of benzene rings is 1. The fourth-order valence-electron chi connectivity index (χ4n) is 6.38. The third-order valence-electron chi connectivity index (χ3n) is 9.19. The molecule has 1 aliphatic heterocycles. The van der Waals surface area contributed by atoms with Crippen molar-refractivity contribution in [3.8, 4) is 11.3 Å². The Labute approximate surface area is 255 Å². The Morgan fingerprint density at radius 2 is 2.05 bits per heavy atom. The first-order valence-corrected chi connectivity index (χ1v) is 15.4. The highest BCUT2D eigenvalue weighted by molar-refractivity contribution is 5.98. The van der Waals surface area contributed by atoms with Crippen LogP contribution in [0.3, 0.4) is 0 Å². The third-order valence-corrected chi connectivity index (χ3v) is 9.19. The molecule has 1 fully saturated rings. The molecule has 3 atom stereocenters. The number of hydrogen-bond donors (Lipinski definition) is 2. The van der Waals surface area contributed by atoms with Gasteiger partial charge in [-0.05, 0) is 86.0 Å². The van der Waals surface area contributed by atoms with Crippen LogP contribution in [0.2, 0.25) is 0 Å². The van der Waals surface area contributed by atoms with E-state index in [1.165, 1.54) is 6.07 Å². The molecule has 2 aliphatic rings. The second-order valence-corrected chi connectivity index (χ2v) is 12.5. The molecule has 3 unspecified atom stereocenters. The number of fused-ring (bicyclic) bond motifs is 2. The third kappa shape index (κ3) is 6.46. The van der Waals surface area contributed by atoms with Crippen LogP contribution in [0.1, 0.15) is 72.8 Å². The number of halogens is 2. The Morgan fingerprint density at radius 3 is 2.77 bits per heavy atom. The molecule has 0 bridgehead atoms. The lowest BCUT2D eigenvalue weighted by atomic mass is 9.77. The highest BCUT2D eigenvalue weighted by Crippen LogP contribution is 2.38. The molecule has 0 spiro atoms. The monoisotopic (exact) mass is 600 g/mol. The maximum atomic E-state index is 15.5. The number of pyridine rings is 2. The molecule has 0 saturated carbocycles. The van der Waals surface area contributed by atoms with Gasteiger partial charge in [0.15, 0.2) is 0 Å². The second-order valence-electron chi connectivity index (χ2n) is 12.5. The van der Waals surface area contributed by atoms with Gasteiger partial charge in [0.1, 0.15) is 17.0 Å². The van der Waals surface area contributed by atoms with Crippen LogP contribution in [0.5, 0.6) is 0 Å². The Balaban J connectivity index is 1.26. The zero-order valence-electron chi connectivity index (χ0n) is 25.1. The normalized spacial score (nSPS) is 21.3. The number of hydrogen-bond acceptors (Lipinski definition) is 7. The van der Waals surface area contributed by atoms with E-state index in [0.717, 1.165) is 47.5 Å². The number of carbonyl (C=O) groups excluding carboxylic acids is 1. The largest absolute Gasteiger partial charge is 0.392 e. The molecular weight excluding hydrogens is 562 g/mol. The molecule has 1 amide bonds. The lowest BCUT2D eigenvalue weighted by Crippen LogP contribution is -2.40. The first-order chi connectivity index (χ1) is 21.2. The van der Waals surface area contributed by atoms with Crippen LogP contribution in [-0.2, 0) is 12.8 Å². The van der Waals surface area contributed by atoms with Crippen molar-refractivity contribution < 1.29 is 18.7 Å². The number of alkyl halides is 1. The van der Waals surface area contributed by atoms with Gasteiger partial charge in [0.25, 0.3) is 5.91 Å². The Hall–Kier alpha value is -3.89. The van der Waals surface area contributed by atoms with E-state index in [0.29, 0.717) is 37.7 Å². The van der Waals surface area contributed by atoms with Gasteiger partial charge in [-0.2, -0.15) is 10.2 Å². The predicted molar refractivity (Wildman–Crippen MR) is 164 cm³/mol. The van der Waals surface area contributed by atoms with Crippen molar-refractivity contribution in [1.82, 2.24) is 30.4 Å². The van der Waals surface area contributed by atoms with Crippen LogP contribution in [0.25, 0.3) is 22.2 Å². The van der Waals surface area contributed by atoms with Crippen molar-refractivity contribution in [1.29, 1.82) is 0 Å². The molecule has 0 radical (unpaired) electrons. The van der Waals surface area contributed by atoms with Crippen LogP contribution >= 0.6 is 0 Å². The van der Waals surface area contributed by atoms with Gasteiger partial charge in [0, 0.05) is 47.9 Å². The maximum Gasteiger partial charge on any atom is 0.251 e. The van der Waals surface area contributed by atoms with Crippen LogP contribution in [0.4, 0.5) is 8.78 Å². The zero-order valence-corrected chi connectivity index (χ0v) is 25.1. The summed E-state index contributed by atoms with van der Waals surface area (Å²) in [4.78, 5) is 25.0. The van der Waals surface area contributed by atoms with E-state index in [4.69, 9.17) is 0 Å². The van der Waals surface area contributed by atoms with E-state index in [9.17, 15) is 9.90 Å². The van der Waals surface area contributed by atoms with Gasteiger partial charge in [-0.3, -0.25) is 9.78 Å². The molecule has 10 heteroatoms. The summed E-state index contributed by atoms with van der Waals surface area (Å²) in [6, 6.07) is 9.88. The predicted octanol–water partition coefficient (Wildman–Crippen LogP) is 5.40. The van der Waals surface area contributed by atoms with Gasteiger partial charge in [0.2, 0.25) is 0 Å². The van der Waals surface area contributed by atoms with Gasteiger partial charge in [-0.25, -0.2) is 13.8 Å². The number of rotatable bonds is 8. The molecule has 2 N–H and O–H groups in total. The molecule has 1 aliphatic carbocycles.